The highest BCUT2D eigenvalue weighted by atomic mass is 32.1. The average molecular weight is 437 g/mol. The van der Waals surface area contributed by atoms with Gasteiger partial charge in [0.25, 0.3) is 5.91 Å². The Hall–Kier alpha value is -3.19. The van der Waals surface area contributed by atoms with Gasteiger partial charge in [-0.25, -0.2) is 4.79 Å². The first-order chi connectivity index (χ1) is 14.8. The number of thiophene rings is 1. The molecule has 3 aromatic rings. The van der Waals surface area contributed by atoms with Gasteiger partial charge in [-0.05, 0) is 40.8 Å². The van der Waals surface area contributed by atoms with Crippen molar-refractivity contribution in [3.8, 4) is 0 Å². The van der Waals surface area contributed by atoms with Crippen molar-refractivity contribution in [2.24, 2.45) is 5.92 Å². The summed E-state index contributed by atoms with van der Waals surface area (Å²) < 4.78 is 0. The minimum atomic E-state index is -1.06. The zero-order chi connectivity index (χ0) is 22.1. The van der Waals surface area contributed by atoms with Gasteiger partial charge in [0.05, 0.1) is 12.1 Å². The molecular weight excluding hydrogens is 412 g/mol. The van der Waals surface area contributed by atoms with Crippen LogP contribution < -0.4 is 5.32 Å². The molecule has 4 rings (SSSR count). The molecular formula is C24H24N2O4S. The quantitative estimate of drug-likeness (QED) is 0.602. The van der Waals surface area contributed by atoms with Crippen LogP contribution >= 0.6 is 11.3 Å². The molecule has 0 fully saturated rings. The van der Waals surface area contributed by atoms with Gasteiger partial charge in [-0.15, -0.1) is 11.3 Å². The van der Waals surface area contributed by atoms with Crippen molar-refractivity contribution in [3.63, 3.8) is 0 Å². The van der Waals surface area contributed by atoms with E-state index in [2.05, 4.69) is 5.32 Å². The predicted octanol–water partition coefficient (Wildman–Crippen LogP) is 4.78. The molecule has 2 aromatic carbocycles. The van der Waals surface area contributed by atoms with E-state index in [0.717, 1.165) is 21.2 Å². The maximum atomic E-state index is 12.9. The number of hydrogen-bond acceptors (Lipinski definition) is 4. The molecule has 0 aliphatic carbocycles. The Bertz CT molecular complexity index is 1180. The Morgan fingerprint density at radius 1 is 1.13 bits per heavy atom. The first-order valence-electron chi connectivity index (χ1n) is 10.3. The number of nitrogens with zero attached hydrogens (tertiary/aromatic N) is 1. The van der Waals surface area contributed by atoms with E-state index < -0.39 is 5.97 Å². The second-order valence-electron chi connectivity index (χ2n) is 8.19. The van der Waals surface area contributed by atoms with E-state index in [1.165, 1.54) is 11.3 Å². The summed E-state index contributed by atoms with van der Waals surface area (Å²) in [5.41, 5.74) is 1.33. The highest BCUT2D eigenvalue weighted by Gasteiger charge is 2.30. The summed E-state index contributed by atoms with van der Waals surface area (Å²) in [6.07, 6.45) is 0.946. The Balaban J connectivity index is 1.60. The summed E-state index contributed by atoms with van der Waals surface area (Å²) in [6, 6.07) is 13.2. The number of carboxylic acids is 1. The number of nitrogens with one attached hydrogen (secondary N) is 1. The number of carbonyl (C=O) groups is 3. The molecule has 0 unspecified atom stereocenters. The van der Waals surface area contributed by atoms with Gasteiger partial charge < -0.3 is 15.3 Å². The molecule has 7 heteroatoms. The standard InChI is InChI=1S/C24H24N2O4S/c1-14(2)11-20(27)26-10-9-18-19(13-26)31-23(21(18)24(29)30)25-22(28)17-8-7-15-5-3-4-6-16(15)12-17/h3-8,12,14H,9-11,13H2,1-2H3,(H,25,28)(H,29,30). The SMILES string of the molecule is CC(C)CC(=O)N1CCc2c(sc(NC(=O)c3ccc4ccccc4c3)c2C(=O)O)C1. The first-order valence-corrected chi connectivity index (χ1v) is 11.1. The fourth-order valence-electron chi connectivity index (χ4n) is 3.91. The lowest BCUT2D eigenvalue weighted by Gasteiger charge is -2.27. The van der Waals surface area contributed by atoms with Crippen LogP contribution in [-0.2, 0) is 17.8 Å². The monoisotopic (exact) mass is 436 g/mol. The van der Waals surface area contributed by atoms with E-state index in [4.69, 9.17) is 0 Å². The van der Waals surface area contributed by atoms with E-state index in [0.29, 0.717) is 36.5 Å². The lowest BCUT2D eigenvalue weighted by atomic mass is 10.0. The van der Waals surface area contributed by atoms with Gasteiger partial charge in [0, 0.05) is 23.4 Å². The Labute approximate surface area is 184 Å². The van der Waals surface area contributed by atoms with Gasteiger partial charge in [0.2, 0.25) is 5.91 Å². The fourth-order valence-corrected chi connectivity index (χ4v) is 5.17. The minimum absolute atomic E-state index is 0.0766. The van der Waals surface area contributed by atoms with Crippen LogP contribution in [-0.4, -0.2) is 34.3 Å². The Kier molecular flexibility index (Phi) is 5.78. The molecule has 0 bridgehead atoms. The normalized spacial score (nSPS) is 13.3. The van der Waals surface area contributed by atoms with Gasteiger partial charge in [0.1, 0.15) is 5.00 Å². The number of fused-ring (bicyclic) bond motifs is 2. The van der Waals surface area contributed by atoms with E-state index >= 15 is 0 Å². The molecule has 2 amide bonds. The van der Waals surface area contributed by atoms with Crippen LogP contribution in [0.2, 0.25) is 0 Å². The second kappa shape index (κ2) is 8.51. The molecule has 0 saturated heterocycles. The van der Waals surface area contributed by atoms with Crippen LogP contribution in [0.25, 0.3) is 10.8 Å². The van der Waals surface area contributed by atoms with Crippen molar-refractivity contribution < 1.29 is 19.5 Å². The zero-order valence-electron chi connectivity index (χ0n) is 17.5. The molecule has 0 saturated carbocycles. The largest absolute Gasteiger partial charge is 0.478 e. The molecule has 1 aliphatic rings. The van der Waals surface area contributed by atoms with E-state index in [9.17, 15) is 19.5 Å². The third-order valence-electron chi connectivity index (χ3n) is 5.45. The third kappa shape index (κ3) is 4.32. The summed E-state index contributed by atoms with van der Waals surface area (Å²) in [7, 11) is 0. The smallest absolute Gasteiger partial charge is 0.339 e. The topological polar surface area (TPSA) is 86.7 Å². The molecule has 160 valence electrons. The van der Waals surface area contributed by atoms with E-state index in [-0.39, 0.29) is 23.3 Å². The summed E-state index contributed by atoms with van der Waals surface area (Å²) in [5, 5.41) is 14.9. The number of rotatable bonds is 5. The minimum Gasteiger partial charge on any atom is -0.478 e. The molecule has 2 heterocycles. The summed E-state index contributed by atoms with van der Waals surface area (Å²) in [4.78, 5) is 39.9. The van der Waals surface area contributed by atoms with Crippen LogP contribution in [0.4, 0.5) is 5.00 Å². The predicted molar refractivity (Wildman–Crippen MR) is 122 cm³/mol. The number of hydrogen-bond donors (Lipinski definition) is 2. The van der Waals surface area contributed by atoms with Crippen LogP contribution in [0.3, 0.4) is 0 Å². The molecule has 1 aromatic heterocycles. The van der Waals surface area contributed by atoms with Crippen molar-refractivity contribution in [1.82, 2.24) is 4.90 Å². The zero-order valence-corrected chi connectivity index (χ0v) is 18.3. The average Bonchev–Trinajstić information content (AvgIpc) is 3.10. The van der Waals surface area contributed by atoms with Gasteiger partial charge in [-0.3, -0.25) is 9.59 Å². The van der Waals surface area contributed by atoms with Crippen molar-refractivity contribution in [2.75, 3.05) is 11.9 Å². The summed E-state index contributed by atoms with van der Waals surface area (Å²) in [6.45, 7) is 4.88. The molecule has 2 N–H and O–H groups in total. The van der Waals surface area contributed by atoms with Gasteiger partial charge in [0.15, 0.2) is 0 Å². The summed E-state index contributed by atoms with van der Waals surface area (Å²) in [5.74, 6) is -1.07. The molecule has 1 aliphatic heterocycles. The lowest BCUT2D eigenvalue weighted by molar-refractivity contribution is -0.132. The Morgan fingerprint density at radius 3 is 2.58 bits per heavy atom. The fraction of sp³-hybridized carbons (Fsp3) is 0.292. The number of amides is 2. The molecule has 0 atom stereocenters. The van der Waals surface area contributed by atoms with Gasteiger partial charge in [-0.2, -0.15) is 0 Å². The number of benzene rings is 2. The van der Waals surface area contributed by atoms with E-state index in [1.807, 2.05) is 44.2 Å². The number of carboxylic acid groups (broad SMARTS) is 1. The molecule has 0 spiro atoms. The van der Waals surface area contributed by atoms with Crippen LogP contribution in [0.5, 0.6) is 0 Å². The highest BCUT2D eigenvalue weighted by Crippen LogP contribution is 2.37. The molecule has 6 nitrogen and oxygen atoms in total. The molecule has 0 radical (unpaired) electrons. The van der Waals surface area contributed by atoms with Crippen molar-refractivity contribution >= 4 is 44.9 Å². The maximum absolute atomic E-state index is 12.9. The van der Waals surface area contributed by atoms with Crippen LogP contribution in [0.1, 0.15) is 51.4 Å². The van der Waals surface area contributed by atoms with E-state index in [1.54, 1.807) is 17.0 Å². The number of aromatic carboxylic acids is 1. The molecule has 31 heavy (non-hydrogen) atoms. The van der Waals surface area contributed by atoms with Crippen LogP contribution in [0, 0.1) is 5.92 Å². The van der Waals surface area contributed by atoms with Crippen molar-refractivity contribution in [2.45, 2.75) is 33.2 Å². The number of anilines is 1. The third-order valence-corrected chi connectivity index (χ3v) is 6.58. The lowest BCUT2D eigenvalue weighted by Crippen LogP contribution is -2.36. The van der Waals surface area contributed by atoms with Crippen LogP contribution in [0.15, 0.2) is 42.5 Å². The second-order valence-corrected chi connectivity index (χ2v) is 9.30. The van der Waals surface area contributed by atoms with Gasteiger partial charge in [-0.1, -0.05) is 44.2 Å². The van der Waals surface area contributed by atoms with Gasteiger partial charge >= 0.3 is 5.97 Å². The summed E-state index contributed by atoms with van der Waals surface area (Å²) >= 11 is 1.25. The van der Waals surface area contributed by atoms with Crippen molar-refractivity contribution in [1.29, 1.82) is 0 Å². The van der Waals surface area contributed by atoms with Crippen molar-refractivity contribution in [3.05, 3.63) is 64.0 Å². The number of carbonyl (C=O) groups excluding carboxylic acids is 2. The maximum Gasteiger partial charge on any atom is 0.339 e. The Morgan fingerprint density at radius 2 is 1.87 bits per heavy atom. The highest BCUT2D eigenvalue weighted by molar-refractivity contribution is 7.17. The first kappa shape index (κ1) is 21.1.